The largest absolute Gasteiger partial charge is 0.350 e. The van der Waals surface area contributed by atoms with E-state index in [-0.39, 0.29) is 10.9 Å². The average molecular weight is 478 g/mol. The Kier molecular flexibility index (Phi) is 7.09. The lowest BCUT2D eigenvalue weighted by Gasteiger charge is -2.24. The number of hydrogen-bond donors (Lipinski definition) is 1. The molecule has 0 unspecified atom stereocenters. The van der Waals surface area contributed by atoms with Gasteiger partial charge in [-0.2, -0.15) is 8.42 Å². The molecule has 0 fully saturated rings. The molecular formula is C21H20ClN3O4S2. The smallest absolute Gasteiger partial charge is 0.292 e. The summed E-state index contributed by atoms with van der Waals surface area (Å²) in [6, 6.07) is 11.7. The van der Waals surface area contributed by atoms with E-state index in [1.165, 1.54) is 6.20 Å². The molecule has 31 heavy (non-hydrogen) atoms. The van der Waals surface area contributed by atoms with Crippen molar-refractivity contribution in [1.29, 1.82) is 0 Å². The standard InChI is InChI=1S/C21H20ClN3O4S2/c1-14-10-24-21(30-14)31(28,29)25(19-8-4-7-18(22)15(19)2)12-20(27)23-11-16-5-3-6-17(9-16)13-26/h3-10,13H,11-12H2,1-2H3,(H,23,27). The monoisotopic (exact) mass is 477 g/mol. The number of rotatable bonds is 8. The molecule has 0 bridgehead atoms. The summed E-state index contributed by atoms with van der Waals surface area (Å²) in [5.41, 5.74) is 2.05. The van der Waals surface area contributed by atoms with Gasteiger partial charge < -0.3 is 5.32 Å². The summed E-state index contributed by atoms with van der Waals surface area (Å²) in [6.45, 7) is 3.15. The summed E-state index contributed by atoms with van der Waals surface area (Å²) < 4.78 is 27.5. The third kappa shape index (κ3) is 5.30. The van der Waals surface area contributed by atoms with E-state index >= 15 is 0 Å². The van der Waals surface area contributed by atoms with Crippen LogP contribution in [-0.2, 0) is 21.4 Å². The third-order valence-electron chi connectivity index (χ3n) is 4.48. The van der Waals surface area contributed by atoms with Gasteiger partial charge in [0.15, 0.2) is 0 Å². The van der Waals surface area contributed by atoms with E-state index in [0.717, 1.165) is 32.4 Å². The number of sulfonamides is 1. The van der Waals surface area contributed by atoms with Crippen LogP contribution < -0.4 is 9.62 Å². The molecule has 0 aliphatic rings. The maximum atomic E-state index is 13.3. The van der Waals surface area contributed by atoms with Crippen molar-refractivity contribution in [3.8, 4) is 0 Å². The van der Waals surface area contributed by atoms with Crippen LogP contribution in [0.25, 0.3) is 0 Å². The molecule has 1 heterocycles. The van der Waals surface area contributed by atoms with Gasteiger partial charge in [-0.3, -0.25) is 13.9 Å². The fourth-order valence-electron chi connectivity index (χ4n) is 2.88. The van der Waals surface area contributed by atoms with Gasteiger partial charge in [-0.1, -0.05) is 35.9 Å². The molecular weight excluding hydrogens is 458 g/mol. The van der Waals surface area contributed by atoms with Gasteiger partial charge in [-0.15, -0.1) is 11.3 Å². The highest BCUT2D eigenvalue weighted by Gasteiger charge is 2.31. The Hall–Kier alpha value is -2.75. The average Bonchev–Trinajstić information content (AvgIpc) is 3.20. The van der Waals surface area contributed by atoms with Crippen LogP contribution in [0.1, 0.15) is 26.4 Å². The molecule has 0 aliphatic heterocycles. The maximum absolute atomic E-state index is 13.3. The van der Waals surface area contributed by atoms with Crippen LogP contribution in [0.15, 0.2) is 53.0 Å². The highest BCUT2D eigenvalue weighted by molar-refractivity contribution is 7.94. The minimum Gasteiger partial charge on any atom is -0.350 e. The number of carbonyl (C=O) groups excluding carboxylic acids is 2. The summed E-state index contributed by atoms with van der Waals surface area (Å²) in [5.74, 6) is -0.507. The van der Waals surface area contributed by atoms with E-state index in [4.69, 9.17) is 11.6 Å². The summed E-state index contributed by atoms with van der Waals surface area (Å²) in [4.78, 5) is 28.4. The van der Waals surface area contributed by atoms with Gasteiger partial charge >= 0.3 is 0 Å². The number of aryl methyl sites for hydroxylation is 1. The van der Waals surface area contributed by atoms with Gasteiger partial charge in [0.1, 0.15) is 12.8 Å². The minimum atomic E-state index is -4.09. The van der Waals surface area contributed by atoms with Gasteiger partial charge in [0.05, 0.1) is 5.69 Å². The van der Waals surface area contributed by atoms with Crippen LogP contribution in [0.3, 0.4) is 0 Å². The van der Waals surface area contributed by atoms with Crippen molar-refractivity contribution in [2.75, 3.05) is 10.8 Å². The zero-order valence-electron chi connectivity index (χ0n) is 16.8. The van der Waals surface area contributed by atoms with E-state index in [9.17, 15) is 18.0 Å². The molecule has 0 spiro atoms. The number of anilines is 1. The van der Waals surface area contributed by atoms with Crippen molar-refractivity contribution in [1.82, 2.24) is 10.3 Å². The predicted octanol–water partition coefficient (Wildman–Crippen LogP) is 3.74. The molecule has 0 saturated heterocycles. The number of nitrogens with one attached hydrogen (secondary N) is 1. The Morgan fingerprint density at radius 2 is 1.97 bits per heavy atom. The molecule has 1 amide bonds. The Morgan fingerprint density at radius 3 is 2.65 bits per heavy atom. The lowest BCUT2D eigenvalue weighted by molar-refractivity contribution is -0.119. The van der Waals surface area contributed by atoms with E-state index in [0.29, 0.717) is 21.8 Å². The number of thiazole rings is 1. The number of halogens is 1. The number of benzene rings is 2. The molecule has 0 saturated carbocycles. The second-order valence-corrected chi connectivity index (χ2v) is 10.5. The quantitative estimate of drug-likeness (QED) is 0.498. The van der Waals surface area contributed by atoms with Gasteiger partial charge in [0.2, 0.25) is 10.2 Å². The number of aromatic nitrogens is 1. The van der Waals surface area contributed by atoms with Crippen LogP contribution in [0, 0.1) is 13.8 Å². The lowest BCUT2D eigenvalue weighted by Crippen LogP contribution is -2.41. The minimum absolute atomic E-state index is 0.101. The Labute approximate surface area is 189 Å². The first kappa shape index (κ1) is 22.9. The summed E-state index contributed by atoms with van der Waals surface area (Å²) in [6.07, 6.45) is 2.19. The normalized spacial score (nSPS) is 11.2. The van der Waals surface area contributed by atoms with Crippen molar-refractivity contribution in [2.24, 2.45) is 0 Å². The first-order chi connectivity index (χ1) is 14.7. The first-order valence-corrected chi connectivity index (χ1v) is 11.9. The number of hydrogen-bond acceptors (Lipinski definition) is 6. The van der Waals surface area contributed by atoms with Crippen LogP contribution >= 0.6 is 22.9 Å². The molecule has 162 valence electrons. The van der Waals surface area contributed by atoms with Gasteiger partial charge in [-0.25, -0.2) is 4.98 Å². The Morgan fingerprint density at radius 1 is 1.23 bits per heavy atom. The lowest BCUT2D eigenvalue weighted by atomic mass is 10.1. The fourth-order valence-corrected chi connectivity index (χ4v) is 5.74. The van der Waals surface area contributed by atoms with Gasteiger partial charge in [0, 0.05) is 28.2 Å². The molecule has 0 atom stereocenters. The molecule has 3 rings (SSSR count). The second kappa shape index (κ2) is 9.59. The van der Waals surface area contributed by atoms with Gasteiger partial charge in [-0.05, 0) is 43.2 Å². The molecule has 0 radical (unpaired) electrons. The SMILES string of the molecule is Cc1cnc(S(=O)(=O)N(CC(=O)NCc2cccc(C=O)c2)c2cccc(Cl)c2C)s1. The third-order valence-corrected chi connectivity index (χ3v) is 7.93. The van der Waals surface area contributed by atoms with E-state index in [1.807, 2.05) is 0 Å². The number of carbonyl (C=O) groups is 2. The zero-order valence-corrected chi connectivity index (χ0v) is 19.2. The number of aldehydes is 1. The molecule has 3 aromatic rings. The van der Waals surface area contributed by atoms with E-state index < -0.39 is 22.5 Å². The second-order valence-electron chi connectivity index (χ2n) is 6.77. The number of nitrogens with zero attached hydrogens (tertiary/aromatic N) is 2. The highest BCUT2D eigenvalue weighted by atomic mass is 35.5. The van der Waals surface area contributed by atoms with Crippen molar-refractivity contribution in [2.45, 2.75) is 24.7 Å². The van der Waals surface area contributed by atoms with Crippen LogP contribution in [0.4, 0.5) is 5.69 Å². The summed E-state index contributed by atoms with van der Waals surface area (Å²) >= 11 is 7.23. The first-order valence-electron chi connectivity index (χ1n) is 9.23. The topological polar surface area (TPSA) is 96.4 Å². The van der Waals surface area contributed by atoms with Crippen LogP contribution in [0.5, 0.6) is 0 Å². The predicted molar refractivity (Wildman–Crippen MR) is 121 cm³/mol. The van der Waals surface area contributed by atoms with Crippen molar-refractivity contribution in [3.63, 3.8) is 0 Å². The van der Waals surface area contributed by atoms with Gasteiger partial charge in [0.25, 0.3) is 10.0 Å². The highest BCUT2D eigenvalue weighted by Crippen LogP contribution is 2.31. The van der Waals surface area contributed by atoms with Crippen LogP contribution in [0.2, 0.25) is 5.02 Å². The summed E-state index contributed by atoms with van der Waals surface area (Å²) in [5, 5.41) is 3.09. The molecule has 2 aromatic carbocycles. The Balaban J connectivity index is 1.88. The maximum Gasteiger partial charge on any atom is 0.292 e. The van der Waals surface area contributed by atoms with E-state index in [2.05, 4.69) is 10.3 Å². The molecule has 7 nitrogen and oxygen atoms in total. The van der Waals surface area contributed by atoms with Crippen molar-refractivity contribution < 1.29 is 18.0 Å². The molecule has 0 aliphatic carbocycles. The fraction of sp³-hybridized carbons (Fsp3) is 0.190. The molecule has 1 N–H and O–H groups in total. The summed E-state index contributed by atoms with van der Waals surface area (Å²) in [7, 11) is -4.09. The Bertz CT molecular complexity index is 1220. The van der Waals surface area contributed by atoms with Crippen molar-refractivity contribution >= 4 is 50.8 Å². The van der Waals surface area contributed by atoms with Crippen LogP contribution in [-0.4, -0.2) is 32.1 Å². The zero-order chi connectivity index (χ0) is 22.6. The van der Waals surface area contributed by atoms with E-state index in [1.54, 1.807) is 56.3 Å². The van der Waals surface area contributed by atoms with Crippen molar-refractivity contribution in [3.05, 3.63) is 75.3 Å². The molecule has 10 heteroatoms. The molecule has 1 aromatic heterocycles. The number of amides is 1.